The van der Waals surface area contributed by atoms with Crippen molar-refractivity contribution in [1.82, 2.24) is 0 Å². The molecule has 0 spiro atoms. The van der Waals surface area contributed by atoms with E-state index in [-0.39, 0.29) is 0 Å². The van der Waals surface area contributed by atoms with Crippen molar-refractivity contribution in [3.63, 3.8) is 0 Å². The van der Waals surface area contributed by atoms with Crippen molar-refractivity contribution in [1.29, 1.82) is 0 Å². The minimum absolute atomic E-state index is 0.775. The van der Waals surface area contributed by atoms with E-state index in [4.69, 9.17) is 0 Å². The zero-order valence-electron chi connectivity index (χ0n) is 4.10. The van der Waals surface area contributed by atoms with Crippen LogP contribution in [0.2, 0.25) is 0 Å². The lowest BCUT2D eigenvalue weighted by Gasteiger charge is -1.63. The van der Waals surface area contributed by atoms with Gasteiger partial charge in [-0.25, -0.2) is 9.98 Å². The highest BCUT2D eigenvalue weighted by molar-refractivity contribution is 5.40. The van der Waals surface area contributed by atoms with Crippen LogP contribution in [0.4, 0.5) is 0 Å². The molecule has 0 aliphatic carbocycles. The highest BCUT2D eigenvalue weighted by Gasteiger charge is 1.52. The number of hydrogen-bond donors (Lipinski definition) is 0. The molecule has 0 N–H and O–H groups in total. The third kappa shape index (κ3) is 3.38. The molecule has 0 aromatic carbocycles. The Kier molecular flexibility index (Phi) is 3.93. The molecule has 0 unspecified atom stereocenters. The van der Waals surface area contributed by atoms with Gasteiger partial charge in [0.05, 0.1) is 6.01 Å². The molecular weight excluding hydrogens is 76.1 g/mol. The fourth-order valence-electron chi connectivity index (χ4n) is 0.141. The van der Waals surface area contributed by atoms with Crippen LogP contribution < -0.4 is 0 Å². The third-order valence-corrected chi connectivity index (χ3v) is 0.329. The minimum atomic E-state index is 0.775. The fraction of sp³-hybridized carbons (Fsp3) is 0.750. The highest BCUT2D eigenvalue weighted by Crippen LogP contribution is 1.56. The second-order valence-electron chi connectivity index (χ2n) is 0.798. The molecule has 0 saturated carbocycles. The Morgan fingerprint density at radius 1 is 1.67 bits per heavy atom. The van der Waals surface area contributed by atoms with Gasteiger partial charge in [0.2, 0.25) is 0 Å². The standard InChI is InChI=1S/C4H8N2/c1-3-6-4-5-2/h3H2,1-2H3. The molecule has 0 heterocycles. The van der Waals surface area contributed by atoms with Crippen molar-refractivity contribution in [2.24, 2.45) is 9.98 Å². The van der Waals surface area contributed by atoms with Gasteiger partial charge in [0, 0.05) is 13.6 Å². The molecule has 0 rings (SSSR count). The van der Waals surface area contributed by atoms with Gasteiger partial charge in [-0.15, -0.1) is 0 Å². The van der Waals surface area contributed by atoms with Crippen LogP contribution in [-0.2, 0) is 0 Å². The first-order valence-corrected chi connectivity index (χ1v) is 1.92. The Morgan fingerprint density at radius 2 is 2.33 bits per heavy atom. The summed E-state index contributed by atoms with van der Waals surface area (Å²) in [4.78, 5) is 7.18. The molecule has 0 atom stereocenters. The first-order valence-electron chi connectivity index (χ1n) is 1.92. The van der Waals surface area contributed by atoms with E-state index in [2.05, 4.69) is 16.0 Å². The van der Waals surface area contributed by atoms with Crippen molar-refractivity contribution < 1.29 is 0 Å². The number of rotatable bonds is 1. The van der Waals surface area contributed by atoms with Crippen LogP contribution in [0.15, 0.2) is 9.98 Å². The monoisotopic (exact) mass is 84.1 g/mol. The average Bonchev–Trinajstić information content (AvgIpc) is 1.61. The number of nitrogens with zero attached hydrogens (tertiary/aromatic N) is 2. The Hall–Kier alpha value is -0.620. The first kappa shape index (κ1) is 5.38. The van der Waals surface area contributed by atoms with E-state index in [9.17, 15) is 0 Å². The molecule has 0 aliphatic rings. The molecule has 0 aromatic rings. The lowest BCUT2D eigenvalue weighted by molar-refractivity contribution is 1.14. The van der Waals surface area contributed by atoms with Crippen LogP contribution in [0.5, 0.6) is 0 Å². The maximum Gasteiger partial charge on any atom is 0.0889 e. The molecule has 0 aromatic heterocycles. The van der Waals surface area contributed by atoms with Crippen LogP contribution in [0, 0.1) is 0 Å². The number of hydrogen-bond acceptors (Lipinski definition) is 2. The second kappa shape index (κ2) is 4.38. The van der Waals surface area contributed by atoms with E-state index in [0.29, 0.717) is 0 Å². The van der Waals surface area contributed by atoms with E-state index in [1.165, 1.54) is 0 Å². The van der Waals surface area contributed by atoms with E-state index in [1.807, 2.05) is 6.92 Å². The SMILES string of the molecule is CCN=C=NC. The topological polar surface area (TPSA) is 24.7 Å². The summed E-state index contributed by atoms with van der Waals surface area (Å²) in [5, 5.41) is 0. The molecule has 0 bridgehead atoms. The first-order chi connectivity index (χ1) is 2.91. The Labute approximate surface area is 37.6 Å². The van der Waals surface area contributed by atoms with Gasteiger partial charge in [-0.3, -0.25) is 0 Å². The second-order valence-corrected chi connectivity index (χ2v) is 0.798. The summed E-state index contributed by atoms with van der Waals surface area (Å²) < 4.78 is 0. The van der Waals surface area contributed by atoms with Crippen LogP contribution in [0.3, 0.4) is 0 Å². The molecule has 0 aliphatic heterocycles. The van der Waals surface area contributed by atoms with Crippen molar-refractivity contribution in [2.45, 2.75) is 6.92 Å². The van der Waals surface area contributed by atoms with Crippen molar-refractivity contribution in [3.8, 4) is 0 Å². The Morgan fingerprint density at radius 3 is 2.50 bits per heavy atom. The fourth-order valence-corrected chi connectivity index (χ4v) is 0.141. The molecule has 0 amide bonds. The van der Waals surface area contributed by atoms with Crippen LogP contribution >= 0.6 is 0 Å². The maximum atomic E-state index is 3.67. The minimum Gasteiger partial charge on any atom is -0.229 e. The molecule has 0 radical (unpaired) electrons. The van der Waals surface area contributed by atoms with Gasteiger partial charge in [-0.05, 0) is 6.92 Å². The van der Waals surface area contributed by atoms with Gasteiger partial charge in [-0.2, -0.15) is 0 Å². The van der Waals surface area contributed by atoms with Crippen LogP contribution in [0.1, 0.15) is 6.92 Å². The average molecular weight is 84.1 g/mol. The molecular formula is C4H8N2. The van der Waals surface area contributed by atoms with Crippen molar-refractivity contribution in [3.05, 3.63) is 0 Å². The summed E-state index contributed by atoms with van der Waals surface area (Å²) in [7, 11) is 1.65. The lowest BCUT2D eigenvalue weighted by atomic mass is 10.8. The summed E-state index contributed by atoms with van der Waals surface area (Å²) in [6, 6.07) is 2.45. The molecule has 34 valence electrons. The third-order valence-electron chi connectivity index (χ3n) is 0.329. The summed E-state index contributed by atoms with van der Waals surface area (Å²) in [6.07, 6.45) is 0. The zero-order valence-corrected chi connectivity index (χ0v) is 4.10. The quantitative estimate of drug-likeness (QED) is 0.420. The molecule has 0 saturated heterocycles. The zero-order chi connectivity index (χ0) is 4.83. The van der Waals surface area contributed by atoms with E-state index >= 15 is 0 Å². The van der Waals surface area contributed by atoms with Gasteiger partial charge in [0.15, 0.2) is 0 Å². The molecule has 0 fully saturated rings. The van der Waals surface area contributed by atoms with Gasteiger partial charge >= 0.3 is 0 Å². The van der Waals surface area contributed by atoms with Gasteiger partial charge in [0.25, 0.3) is 0 Å². The van der Waals surface area contributed by atoms with Gasteiger partial charge in [-0.1, -0.05) is 0 Å². The van der Waals surface area contributed by atoms with Crippen LogP contribution in [0.25, 0.3) is 0 Å². The van der Waals surface area contributed by atoms with Gasteiger partial charge in [0.1, 0.15) is 0 Å². The molecule has 2 heteroatoms. The lowest BCUT2D eigenvalue weighted by Crippen LogP contribution is -1.60. The Bertz CT molecular complexity index is 69.6. The van der Waals surface area contributed by atoms with E-state index < -0.39 is 0 Å². The van der Waals surface area contributed by atoms with E-state index in [0.717, 1.165) is 6.54 Å². The van der Waals surface area contributed by atoms with Crippen LogP contribution in [-0.4, -0.2) is 19.6 Å². The predicted molar refractivity (Wildman–Crippen MR) is 26.3 cm³/mol. The summed E-state index contributed by atoms with van der Waals surface area (Å²) in [6.45, 7) is 2.72. The normalized spacial score (nSPS) is 6.33. The molecule has 2 nitrogen and oxygen atoms in total. The van der Waals surface area contributed by atoms with Crippen molar-refractivity contribution >= 4 is 6.01 Å². The van der Waals surface area contributed by atoms with E-state index in [1.54, 1.807) is 7.05 Å². The predicted octanol–water partition coefficient (Wildman–Crippen LogP) is 0.810. The summed E-state index contributed by atoms with van der Waals surface area (Å²) >= 11 is 0. The molecule has 6 heavy (non-hydrogen) atoms. The number of aliphatic imine (C=N–C) groups is 2. The maximum absolute atomic E-state index is 3.67. The van der Waals surface area contributed by atoms with Gasteiger partial charge < -0.3 is 0 Å². The summed E-state index contributed by atoms with van der Waals surface area (Å²) in [5.74, 6) is 0. The largest absolute Gasteiger partial charge is 0.229 e. The van der Waals surface area contributed by atoms with Crippen molar-refractivity contribution in [2.75, 3.05) is 13.6 Å². The Balaban J connectivity index is 3.18. The smallest absolute Gasteiger partial charge is 0.0889 e. The highest BCUT2D eigenvalue weighted by atomic mass is 14.8. The summed E-state index contributed by atoms with van der Waals surface area (Å²) in [5.41, 5.74) is 0.